The maximum atomic E-state index is 2.44. The first kappa shape index (κ1) is 21.7. The van der Waals surface area contributed by atoms with Crippen molar-refractivity contribution in [3.05, 3.63) is 0 Å². The first-order valence-electron chi connectivity index (χ1n) is 9.17. The molecule has 0 spiro atoms. The lowest BCUT2D eigenvalue weighted by atomic mass is 9.97. The lowest BCUT2D eigenvalue weighted by Gasteiger charge is -2.21. The van der Waals surface area contributed by atoms with E-state index in [1.165, 1.54) is 57.1 Å². The van der Waals surface area contributed by atoms with Crippen molar-refractivity contribution in [1.29, 1.82) is 0 Å². The van der Waals surface area contributed by atoms with Crippen molar-refractivity contribution in [2.75, 3.05) is 12.0 Å². The van der Waals surface area contributed by atoms with Gasteiger partial charge in [-0.2, -0.15) is 23.5 Å². The molecule has 0 heterocycles. The van der Waals surface area contributed by atoms with Gasteiger partial charge in [-0.15, -0.1) is 0 Å². The molecule has 0 aromatic heterocycles. The van der Waals surface area contributed by atoms with Gasteiger partial charge in [0.25, 0.3) is 0 Å². The van der Waals surface area contributed by atoms with Gasteiger partial charge in [-0.1, -0.05) is 60.3 Å². The van der Waals surface area contributed by atoms with Gasteiger partial charge in [-0.3, -0.25) is 0 Å². The van der Waals surface area contributed by atoms with Crippen LogP contribution in [0.15, 0.2) is 0 Å². The van der Waals surface area contributed by atoms with Gasteiger partial charge in [0.15, 0.2) is 0 Å². The molecule has 0 fully saturated rings. The Kier molecular flexibility index (Phi) is 14.8. The number of hydrogen-bond acceptors (Lipinski definition) is 2. The highest BCUT2D eigenvalue weighted by Crippen LogP contribution is 2.27. The maximum Gasteiger partial charge on any atom is 0.00446 e. The Morgan fingerprint density at radius 1 is 0.905 bits per heavy atom. The molecule has 3 unspecified atom stereocenters. The van der Waals surface area contributed by atoms with Crippen LogP contribution >= 0.6 is 23.5 Å². The molecule has 0 aliphatic rings. The van der Waals surface area contributed by atoms with E-state index in [1.807, 2.05) is 0 Å². The van der Waals surface area contributed by atoms with Crippen molar-refractivity contribution in [3.8, 4) is 0 Å². The Bertz CT molecular complexity index is 216. The fourth-order valence-corrected chi connectivity index (χ4v) is 4.87. The Labute approximate surface area is 144 Å². The second-order valence-corrected chi connectivity index (χ2v) is 9.59. The van der Waals surface area contributed by atoms with Gasteiger partial charge in [-0.05, 0) is 49.5 Å². The molecule has 0 aliphatic heterocycles. The van der Waals surface area contributed by atoms with Crippen LogP contribution in [0.3, 0.4) is 0 Å². The molecule has 3 atom stereocenters. The van der Waals surface area contributed by atoms with Crippen molar-refractivity contribution >= 4 is 23.5 Å². The number of hydrogen-bond donors (Lipinski definition) is 0. The van der Waals surface area contributed by atoms with Crippen LogP contribution in [0.1, 0.15) is 86.0 Å². The fourth-order valence-electron chi connectivity index (χ4n) is 2.83. The zero-order valence-electron chi connectivity index (χ0n) is 15.5. The summed E-state index contributed by atoms with van der Waals surface area (Å²) in [5, 5.41) is 1.74. The Hall–Kier alpha value is 0.700. The van der Waals surface area contributed by atoms with Crippen LogP contribution in [-0.2, 0) is 0 Å². The third-order valence-electron chi connectivity index (χ3n) is 4.36. The van der Waals surface area contributed by atoms with Crippen LogP contribution in [0, 0.1) is 11.8 Å². The smallest absolute Gasteiger partial charge is 0.00446 e. The SMILES string of the molecule is CCCCCC(CCC(C)SCC(CC)CC(C)C)SC. The topological polar surface area (TPSA) is 0 Å². The molecule has 21 heavy (non-hydrogen) atoms. The molecule has 0 nitrogen and oxygen atoms in total. The summed E-state index contributed by atoms with van der Waals surface area (Å²) in [5.41, 5.74) is 0. The van der Waals surface area contributed by atoms with Gasteiger partial charge in [0.05, 0.1) is 0 Å². The minimum Gasteiger partial charge on any atom is -0.162 e. The van der Waals surface area contributed by atoms with E-state index >= 15 is 0 Å². The minimum atomic E-state index is 0.840. The van der Waals surface area contributed by atoms with E-state index in [-0.39, 0.29) is 0 Å². The minimum absolute atomic E-state index is 0.840. The highest BCUT2D eigenvalue weighted by molar-refractivity contribution is 8.00. The van der Waals surface area contributed by atoms with Crippen LogP contribution in [0.25, 0.3) is 0 Å². The summed E-state index contributed by atoms with van der Waals surface area (Å²) in [4.78, 5) is 0. The van der Waals surface area contributed by atoms with Gasteiger partial charge < -0.3 is 0 Å². The summed E-state index contributed by atoms with van der Waals surface area (Å²) in [5.74, 6) is 3.15. The first-order chi connectivity index (χ1) is 10.0. The highest BCUT2D eigenvalue weighted by atomic mass is 32.2. The molecule has 0 amide bonds. The lowest BCUT2D eigenvalue weighted by molar-refractivity contribution is 0.434. The zero-order chi connectivity index (χ0) is 16.1. The third-order valence-corrected chi connectivity index (χ3v) is 6.96. The Balaban J connectivity index is 3.82. The average Bonchev–Trinajstić information content (AvgIpc) is 2.46. The van der Waals surface area contributed by atoms with Crippen molar-refractivity contribution in [2.45, 2.75) is 96.5 Å². The van der Waals surface area contributed by atoms with Crippen LogP contribution in [0.5, 0.6) is 0 Å². The summed E-state index contributed by atoms with van der Waals surface area (Å²) in [7, 11) is 0. The van der Waals surface area contributed by atoms with Crippen LogP contribution in [-0.4, -0.2) is 22.5 Å². The molecule has 0 radical (unpaired) electrons. The van der Waals surface area contributed by atoms with Gasteiger partial charge in [0, 0.05) is 10.5 Å². The molecular formula is C19H40S2. The quantitative estimate of drug-likeness (QED) is 0.307. The first-order valence-corrected chi connectivity index (χ1v) is 11.5. The van der Waals surface area contributed by atoms with E-state index in [0.29, 0.717) is 0 Å². The predicted octanol–water partition coefficient (Wildman–Crippen LogP) is 7.27. The number of unbranched alkanes of at least 4 members (excludes halogenated alkanes) is 2. The molecule has 0 rings (SSSR count). The average molecular weight is 333 g/mol. The van der Waals surface area contributed by atoms with E-state index < -0.39 is 0 Å². The lowest BCUT2D eigenvalue weighted by Crippen LogP contribution is -2.11. The van der Waals surface area contributed by atoms with Crippen LogP contribution < -0.4 is 0 Å². The number of rotatable bonds is 14. The Morgan fingerprint density at radius 2 is 1.62 bits per heavy atom. The molecular weight excluding hydrogens is 292 g/mol. The van der Waals surface area contributed by atoms with Crippen LogP contribution in [0.2, 0.25) is 0 Å². The summed E-state index contributed by atoms with van der Waals surface area (Å²) in [6.45, 7) is 11.8. The zero-order valence-corrected chi connectivity index (χ0v) is 17.1. The van der Waals surface area contributed by atoms with Crippen molar-refractivity contribution < 1.29 is 0 Å². The van der Waals surface area contributed by atoms with E-state index in [1.54, 1.807) is 0 Å². The standard InChI is InChI=1S/C19H40S2/c1-7-9-10-11-19(20-6)13-12-17(5)21-15-18(8-2)14-16(3)4/h16-19H,7-15H2,1-6H3. The van der Waals surface area contributed by atoms with Gasteiger partial charge >= 0.3 is 0 Å². The van der Waals surface area contributed by atoms with E-state index in [0.717, 1.165) is 22.3 Å². The Morgan fingerprint density at radius 3 is 2.14 bits per heavy atom. The van der Waals surface area contributed by atoms with Crippen LogP contribution in [0.4, 0.5) is 0 Å². The second-order valence-electron chi connectivity index (χ2n) is 6.98. The normalized spacial score (nSPS) is 16.1. The summed E-state index contributed by atoms with van der Waals surface area (Å²) >= 11 is 4.31. The summed E-state index contributed by atoms with van der Waals surface area (Å²) < 4.78 is 0. The van der Waals surface area contributed by atoms with E-state index in [9.17, 15) is 0 Å². The predicted molar refractivity (Wildman–Crippen MR) is 106 cm³/mol. The maximum absolute atomic E-state index is 2.44. The van der Waals surface area contributed by atoms with Gasteiger partial charge in [0.1, 0.15) is 0 Å². The van der Waals surface area contributed by atoms with Gasteiger partial charge in [0.2, 0.25) is 0 Å². The molecule has 0 aromatic carbocycles. The van der Waals surface area contributed by atoms with Crippen molar-refractivity contribution in [3.63, 3.8) is 0 Å². The van der Waals surface area contributed by atoms with Gasteiger partial charge in [-0.25, -0.2) is 0 Å². The molecule has 0 bridgehead atoms. The summed E-state index contributed by atoms with van der Waals surface area (Å²) in [6, 6.07) is 0. The molecule has 0 saturated carbocycles. The molecule has 128 valence electrons. The molecule has 0 saturated heterocycles. The fraction of sp³-hybridized carbons (Fsp3) is 1.00. The molecule has 2 heteroatoms. The highest BCUT2D eigenvalue weighted by Gasteiger charge is 2.13. The van der Waals surface area contributed by atoms with Crippen molar-refractivity contribution in [2.24, 2.45) is 11.8 Å². The summed E-state index contributed by atoms with van der Waals surface area (Å²) in [6.07, 6.45) is 13.5. The molecule has 0 aromatic rings. The monoisotopic (exact) mass is 332 g/mol. The third kappa shape index (κ3) is 12.9. The number of thioether (sulfide) groups is 2. The molecule has 0 N–H and O–H groups in total. The largest absolute Gasteiger partial charge is 0.162 e. The van der Waals surface area contributed by atoms with E-state index in [4.69, 9.17) is 0 Å². The van der Waals surface area contributed by atoms with E-state index in [2.05, 4.69) is 64.4 Å². The molecule has 0 aliphatic carbocycles. The van der Waals surface area contributed by atoms with Crippen molar-refractivity contribution in [1.82, 2.24) is 0 Å². The second kappa shape index (κ2) is 14.3.